The summed E-state index contributed by atoms with van der Waals surface area (Å²) in [6.45, 7) is 3.16. The van der Waals surface area contributed by atoms with Gasteiger partial charge in [0.1, 0.15) is 5.75 Å². The Balaban J connectivity index is 1.87. The van der Waals surface area contributed by atoms with E-state index in [0.29, 0.717) is 13.2 Å². The van der Waals surface area contributed by atoms with Crippen LogP contribution >= 0.6 is 11.3 Å². The van der Waals surface area contributed by atoms with E-state index in [-0.39, 0.29) is 6.10 Å². The predicted molar refractivity (Wildman–Crippen MR) is 87.0 cm³/mol. The molecule has 1 aromatic carbocycles. The number of rotatable bonds is 5. The fourth-order valence-corrected chi connectivity index (χ4v) is 3.91. The van der Waals surface area contributed by atoms with Gasteiger partial charge in [-0.05, 0) is 73.7 Å². The number of aryl methyl sites for hydroxylation is 2. The lowest BCUT2D eigenvalue weighted by atomic mass is 9.91. The first-order chi connectivity index (χ1) is 10.2. The molecule has 1 aliphatic rings. The minimum absolute atomic E-state index is 0.386. The number of aliphatic hydroxyl groups is 1. The van der Waals surface area contributed by atoms with E-state index in [4.69, 9.17) is 10.5 Å². The van der Waals surface area contributed by atoms with Crippen molar-refractivity contribution >= 4 is 11.3 Å². The largest absolute Gasteiger partial charge is 0.494 e. The second kappa shape index (κ2) is 6.18. The summed E-state index contributed by atoms with van der Waals surface area (Å²) in [5.41, 5.74) is 9.48. The van der Waals surface area contributed by atoms with Crippen molar-refractivity contribution in [1.82, 2.24) is 0 Å². The normalized spacial score (nSPS) is 14.4. The van der Waals surface area contributed by atoms with Crippen LogP contribution in [-0.4, -0.2) is 18.3 Å². The van der Waals surface area contributed by atoms with Crippen molar-refractivity contribution in [3.05, 3.63) is 40.3 Å². The molecule has 112 valence electrons. The van der Waals surface area contributed by atoms with Gasteiger partial charge < -0.3 is 15.6 Å². The van der Waals surface area contributed by atoms with Gasteiger partial charge >= 0.3 is 0 Å². The van der Waals surface area contributed by atoms with Crippen LogP contribution in [0.3, 0.4) is 0 Å². The maximum Gasteiger partial charge on any atom is 0.119 e. The number of thiophene rings is 1. The summed E-state index contributed by atoms with van der Waals surface area (Å²) in [4.78, 5) is 2.36. The molecule has 0 amide bonds. The van der Waals surface area contributed by atoms with Gasteiger partial charge in [0.25, 0.3) is 0 Å². The summed E-state index contributed by atoms with van der Waals surface area (Å²) in [7, 11) is 0. The molecular weight excluding hydrogens is 282 g/mol. The van der Waals surface area contributed by atoms with Crippen LogP contribution in [0, 0.1) is 0 Å². The topological polar surface area (TPSA) is 55.5 Å². The molecule has 0 aliphatic heterocycles. The van der Waals surface area contributed by atoms with Gasteiger partial charge in [0.2, 0.25) is 0 Å². The van der Waals surface area contributed by atoms with E-state index in [2.05, 4.69) is 18.2 Å². The molecule has 21 heavy (non-hydrogen) atoms. The van der Waals surface area contributed by atoms with Gasteiger partial charge in [-0.1, -0.05) is 0 Å². The molecule has 1 unspecified atom stereocenters. The molecule has 4 heteroatoms. The van der Waals surface area contributed by atoms with Crippen LogP contribution in [0.25, 0.3) is 10.4 Å². The van der Waals surface area contributed by atoms with Gasteiger partial charge in [-0.2, -0.15) is 0 Å². The number of ether oxygens (including phenoxy) is 1. The SMILES string of the molecule is CC(O)c1cc2c(s1)-c1ccc(OCCCN)cc1CC2. The summed E-state index contributed by atoms with van der Waals surface area (Å²) in [5.74, 6) is 0.929. The van der Waals surface area contributed by atoms with Crippen LogP contribution < -0.4 is 10.5 Å². The Morgan fingerprint density at radius 1 is 1.29 bits per heavy atom. The Bertz CT molecular complexity index is 634. The molecule has 0 saturated carbocycles. The fourth-order valence-electron chi connectivity index (χ4n) is 2.70. The molecule has 1 heterocycles. The van der Waals surface area contributed by atoms with Gasteiger partial charge in [-0.15, -0.1) is 11.3 Å². The van der Waals surface area contributed by atoms with Crippen molar-refractivity contribution in [2.24, 2.45) is 5.73 Å². The van der Waals surface area contributed by atoms with Gasteiger partial charge in [-0.25, -0.2) is 0 Å². The van der Waals surface area contributed by atoms with Crippen LogP contribution in [0.1, 0.15) is 35.5 Å². The first-order valence-electron chi connectivity index (χ1n) is 7.46. The third-order valence-electron chi connectivity index (χ3n) is 3.84. The molecular formula is C17H21NO2S. The second-order valence-electron chi connectivity index (χ2n) is 5.49. The zero-order valence-electron chi connectivity index (χ0n) is 12.3. The van der Waals surface area contributed by atoms with Crippen molar-refractivity contribution in [2.45, 2.75) is 32.3 Å². The Kier molecular flexibility index (Phi) is 4.29. The van der Waals surface area contributed by atoms with Gasteiger partial charge in [0, 0.05) is 9.75 Å². The monoisotopic (exact) mass is 303 g/mol. The zero-order chi connectivity index (χ0) is 14.8. The molecule has 0 saturated heterocycles. The molecule has 1 atom stereocenters. The number of aliphatic hydroxyl groups excluding tert-OH is 1. The number of hydrogen-bond donors (Lipinski definition) is 2. The Morgan fingerprint density at radius 2 is 2.10 bits per heavy atom. The average Bonchev–Trinajstić information content (AvgIpc) is 2.92. The molecule has 0 fully saturated rings. The van der Waals surface area contributed by atoms with E-state index in [1.165, 1.54) is 21.6 Å². The first-order valence-corrected chi connectivity index (χ1v) is 8.27. The number of hydrogen-bond acceptors (Lipinski definition) is 4. The van der Waals surface area contributed by atoms with E-state index in [0.717, 1.165) is 29.9 Å². The summed E-state index contributed by atoms with van der Waals surface area (Å²) < 4.78 is 5.73. The van der Waals surface area contributed by atoms with Gasteiger partial charge in [0.15, 0.2) is 0 Å². The highest BCUT2D eigenvalue weighted by Crippen LogP contribution is 2.42. The fraction of sp³-hybridized carbons (Fsp3) is 0.412. The van der Waals surface area contributed by atoms with Crippen molar-refractivity contribution in [2.75, 3.05) is 13.2 Å². The number of benzene rings is 1. The molecule has 0 radical (unpaired) electrons. The molecule has 3 nitrogen and oxygen atoms in total. The Hall–Kier alpha value is -1.36. The number of nitrogens with two attached hydrogens (primary N) is 1. The minimum Gasteiger partial charge on any atom is -0.494 e. The molecule has 2 aromatic rings. The van der Waals surface area contributed by atoms with Crippen molar-refractivity contribution in [1.29, 1.82) is 0 Å². The van der Waals surface area contributed by atoms with E-state index in [9.17, 15) is 5.11 Å². The molecule has 1 aromatic heterocycles. The summed E-state index contributed by atoms with van der Waals surface area (Å²) >= 11 is 1.71. The smallest absolute Gasteiger partial charge is 0.119 e. The standard InChI is InChI=1S/C17H21NO2S/c1-11(19)16-10-13-4-3-12-9-14(20-8-2-7-18)5-6-15(12)17(13)21-16/h5-6,9-11,19H,2-4,7-8,18H2,1H3. The summed E-state index contributed by atoms with van der Waals surface area (Å²) in [6, 6.07) is 8.48. The van der Waals surface area contributed by atoms with E-state index in [1.54, 1.807) is 11.3 Å². The van der Waals surface area contributed by atoms with E-state index >= 15 is 0 Å². The van der Waals surface area contributed by atoms with Crippen molar-refractivity contribution in [3.8, 4) is 16.2 Å². The highest BCUT2D eigenvalue weighted by molar-refractivity contribution is 7.15. The van der Waals surface area contributed by atoms with E-state index in [1.807, 2.05) is 13.0 Å². The summed E-state index contributed by atoms with van der Waals surface area (Å²) in [5, 5.41) is 9.77. The highest BCUT2D eigenvalue weighted by atomic mass is 32.1. The molecule has 3 rings (SSSR count). The summed E-state index contributed by atoms with van der Waals surface area (Å²) in [6.07, 6.45) is 2.57. The quantitative estimate of drug-likeness (QED) is 0.833. The van der Waals surface area contributed by atoms with Gasteiger partial charge in [-0.3, -0.25) is 0 Å². The van der Waals surface area contributed by atoms with Crippen LogP contribution in [0.2, 0.25) is 0 Å². The maximum absolute atomic E-state index is 9.77. The van der Waals surface area contributed by atoms with E-state index < -0.39 is 0 Å². The van der Waals surface area contributed by atoms with Crippen LogP contribution in [0.5, 0.6) is 5.75 Å². The lowest BCUT2D eigenvalue weighted by Crippen LogP contribution is -2.07. The third-order valence-corrected chi connectivity index (χ3v) is 5.22. The maximum atomic E-state index is 9.77. The molecule has 3 N–H and O–H groups in total. The predicted octanol–water partition coefficient (Wildman–Crippen LogP) is 3.29. The Morgan fingerprint density at radius 3 is 2.86 bits per heavy atom. The lowest BCUT2D eigenvalue weighted by molar-refractivity contribution is 0.203. The van der Waals surface area contributed by atoms with Crippen molar-refractivity contribution < 1.29 is 9.84 Å². The highest BCUT2D eigenvalue weighted by Gasteiger charge is 2.20. The van der Waals surface area contributed by atoms with Gasteiger partial charge in [0.05, 0.1) is 12.7 Å². The Labute approximate surface area is 129 Å². The van der Waals surface area contributed by atoms with Crippen molar-refractivity contribution in [3.63, 3.8) is 0 Å². The zero-order valence-corrected chi connectivity index (χ0v) is 13.1. The first kappa shape index (κ1) is 14.6. The lowest BCUT2D eigenvalue weighted by Gasteiger charge is -2.17. The number of fused-ring (bicyclic) bond motifs is 3. The third kappa shape index (κ3) is 2.98. The van der Waals surface area contributed by atoms with Crippen LogP contribution in [0.4, 0.5) is 0 Å². The molecule has 0 spiro atoms. The van der Waals surface area contributed by atoms with Crippen LogP contribution in [-0.2, 0) is 12.8 Å². The molecule has 1 aliphatic carbocycles. The van der Waals surface area contributed by atoms with Crippen LogP contribution in [0.15, 0.2) is 24.3 Å². The minimum atomic E-state index is -0.386. The molecule has 0 bridgehead atoms. The average molecular weight is 303 g/mol. The second-order valence-corrected chi connectivity index (χ2v) is 6.57.